The summed E-state index contributed by atoms with van der Waals surface area (Å²) in [5.41, 5.74) is 4.93. The maximum Gasteiger partial charge on any atom is 0.271 e. The number of carbonyl (C=O) groups excluding carboxylic acids is 1. The van der Waals surface area contributed by atoms with Crippen LogP contribution in [-0.2, 0) is 0 Å². The zero-order chi connectivity index (χ0) is 16.9. The number of hydrogen-bond acceptors (Lipinski definition) is 3. The van der Waals surface area contributed by atoms with Crippen molar-refractivity contribution in [1.82, 2.24) is 5.43 Å². The summed E-state index contributed by atoms with van der Waals surface area (Å²) in [7, 11) is 1.62. The highest BCUT2D eigenvalue weighted by Gasteiger charge is 2.08. The fourth-order valence-corrected chi connectivity index (χ4v) is 2.63. The lowest BCUT2D eigenvalue weighted by atomic mass is 10.0. The van der Waals surface area contributed by atoms with Gasteiger partial charge >= 0.3 is 0 Å². The van der Waals surface area contributed by atoms with Gasteiger partial charge in [0.2, 0.25) is 0 Å². The molecule has 4 heteroatoms. The number of nitrogens with zero attached hydrogens (tertiary/aromatic N) is 1. The normalized spacial score (nSPS) is 10.9. The number of ether oxygens (including phenoxy) is 1. The third-order valence-corrected chi connectivity index (χ3v) is 3.90. The van der Waals surface area contributed by atoms with Crippen LogP contribution in [-0.4, -0.2) is 19.2 Å². The summed E-state index contributed by atoms with van der Waals surface area (Å²) in [6.07, 6.45) is 1.62. The van der Waals surface area contributed by atoms with Gasteiger partial charge in [-0.3, -0.25) is 4.79 Å². The lowest BCUT2D eigenvalue weighted by Crippen LogP contribution is -2.18. The Morgan fingerprint density at radius 2 is 1.79 bits per heavy atom. The number of benzene rings is 3. The van der Waals surface area contributed by atoms with Crippen LogP contribution in [0.5, 0.6) is 5.75 Å². The molecule has 0 unspecified atom stereocenters. The van der Waals surface area contributed by atoms with Gasteiger partial charge in [0.15, 0.2) is 0 Å². The molecule has 4 nitrogen and oxygen atoms in total. The van der Waals surface area contributed by atoms with Gasteiger partial charge in [0.1, 0.15) is 5.75 Å². The highest BCUT2D eigenvalue weighted by Crippen LogP contribution is 2.26. The Morgan fingerprint density at radius 3 is 2.58 bits per heavy atom. The molecule has 1 N–H and O–H groups in total. The second kappa shape index (κ2) is 6.96. The van der Waals surface area contributed by atoms with Gasteiger partial charge in [-0.25, -0.2) is 5.43 Å². The minimum Gasteiger partial charge on any atom is -0.496 e. The number of nitrogens with one attached hydrogen (secondary N) is 1. The molecule has 0 saturated heterocycles. The Balaban J connectivity index is 1.88. The van der Waals surface area contributed by atoms with Crippen molar-refractivity contribution in [2.75, 3.05) is 7.11 Å². The molecule has 0 fully saturated rings. The molecular formula is C20H18N2O2. The van der Waals surface area contributed by atoms with E-state index in [-0.39, 0.29) is 5.91 Å². The van der Waals surface area contributed by atoms with Crippen LogP contribution >= 0.6 is 0 Å². The molecule has 1 amide bonds. The highest BCUT2D eigenvalue weighted by atomic mass is 16.5. The van der Waals surface area contributed by atoms with E-state index in [0.29, 0.717) is 11.3 Å². The van der Waals surface area contributed by atoms with E-state index in [9.17, 15) is 4.79 Å². The summed E-state index contributed by atoms with van der Waals surface area (Å²) < 4.78 is 5.41. The molecule has 0 spiro atoms. The molecule has 0 aliphatic carbocycles. The van der Waals surface area contributed by atoms with Gasteiger partial charge in [-0.1, -0.05) is 48.5 Å². The molecule has 3 aromatic carbocycles. The van der Waals surface area contributed by atoms with Gasteiger partial charge in [-0.05, 0) is 35.4 Å². The molecule has 0 aromatic heterocycles. The van der Waals surface area contributed by atoms with E-state index in [4.69, 9.17) is 4.74 Å². The van der Waals surface area contributed by atoms with Crippen LogP contribution in [0, 0.1) is 6.92 Å². The minimum atomic E-state index is -0.233. The fraction of sp³-hybridized carbons (Fsp3) is 0.100. The maximum atomic E-state index is 12.2. The van der Waals surface area contributed by atoms with Crippen LogP contribution in [0.15, 0.2) is 65.8 Å². The van der Waals surface area contributed by atoms with E-state index >= 15 is 0 Å². The van der Waals surface area contributed by atoms with Crippen molar-refractivity contribution in [3.8, 4) is 5.75 Å². The third-order valence-electron chi connectivity index (χ3n) is 3.90. The molecule has 0 aliphatic rings. The monoisotopic (exact) mass is 318 g/mol. The quantitative estimate of drug-likeness (QED) is 0.585. The molecule has 0 bridgehead atoms. The molecule has 0 atom stereocenters. The SMILES string of the molecule is COc1ccc2ccccc2c1/C=N\NC(=O)c1ccccc1C. The van der Waals surface area contributed by atoms with Crippen molar-refractivity contribution >= 4 is 22.9 Å². The van der Waals surface area contributed by atoms with Crippen LogP contribution in [0.4, 0.5) is 0 Å². The Bertz CT molecular complexity index is 916. The van der Waals surface area contributed by atoms with Crippen molar-refractivity contribution in [3.63, 3.8) is 0 Å². The largest absolute Gasteiger partial charge is 0.496 e. The lowest BCUT2D eigenvalue weighted by Gasteiger charge is -2.08. The first kappa shape index (κ1) is 15.7. The number of aryl methyl sites for hydroxylation is 1. The molecule has 3 aromatic rings. The predicted octanol–water partition coefficient (Wildman–Crippen LogP) is 3.92. The van der Waals surface area contributed by atoms with Crippen molar-refractivity contribution in [1.29, 1.82) is 0 Å². The van der Waals surface area contributed by atoms with Crippen molar-refractivity contribution in [3.05, 3.63) is 77.4 Å². The summed E-state index contributed by atoms with van der Waals surface area (Å²) in [6.45, 7) is 1.90. The van der Waals surface area contributed by atoms with Gasteiger partial charge in [-0.2, -0.15) is 5.10 Å². The number of hydrazone groups is 1. The summed E-state index contributed by atoms with van der Waals surface area (Å²) in [4.78, 5) is 12.2. The molecule has 0 radical (unpaired) electrons. The first-order valence-corrected chi connectivity index (χ1v) is 7.65. The molecule has 3 rings (SSSR count). The average Bonchev–Trinajstić information content (AvgIpc) is 2.62. The summed E-state index contributed by atoms with van der Waals surface area (Å²) in [5, 5.41) is 6.22. The Labute approximate surface area is 140 Å². The number of fused-ring (bicyclic) bond motifs is 1. The number of rotatable bonds is 4. The van der Waals surface area contributed by atoms with E-state index in [0.717, 1.165) is 21.9 Å². The Hall–Kier alpha value is -3.14. The summed E-state index contributed by atoms with van der Waals surface area (Å²) in [5.74, 6) is 0.478. The smallest absolute Gasteiger partial charge is 0.271 e. The Kier molecular flexibility index (Phi) is 4.57. The van der Waals surface area contributed by atoms with E-state index in [2.05, 4.69) is 10.5 Å². The average molecular weight is 318 g/mol. The number of carbonyl (C=O) groups is 1. The molecule has 0 heterocycles. The van der Waals surface area contributed by atoms with Crippen molar-refractivity contribution in [2.24, 2.45) is 5.10 Å². The summed E-state index contributed by atoms with van der Waals surface area (Å²) >= 11 is 0. The molecular weight excluding hydrogens is 300 g/mol. The second-order valence-corrected chi connectivity index (χ2v) is 5.42. The van der Waals surface area contributed by atoms with Gasteiger partial charge in [0, 0.05) is 11.1 Å². The van der Waals surface area contributed by atoms with Gasteiger partial charge in [0.05, 0.1) is 13.3 Å². The zero-order valence-corrected chi connectivity index (χ0v) is 13.6. The molecule has 24 heavy (non-hydrogen) atoms. The van der Waals surface area contributed by atoms with Crippen LogP contribution in [0.2, 0.25) is 0 Å². The van der Waals surface area contributed by atoms with Crippen LogP contribution in [0.25, 0.3) is 10.8 Å². The third kappa shape index (κ3) is 3.13. The first-order chi connectivity index (χ1) is 11.7. The van der Waals surface area contributed by atoms with Gasteiger partial charge < -0.3 is 4.74 Å². The van der Waals surface area contributed by atoms with E-state index in [1.807, 2.05) is 61.5 Å². The highest BCUT2D eigenvalue weighted by molar-refractivity contribution is 6.03. The minimum absolute atomic E-state index is 0.233. The number of methoxy groups -OCH3 is 1. The second-order valence-electron chi connectivity index (χ2n) is 5.42. The summed E-state index contributed by atoms with van der Waals surface area (Å²) in [6, 6.07) is 19.3. The lowest BCUT2D eigenvalue weighted by molar-refractivity contribution is 0.0954. The van der Waals surface area contributed by atoms with Gasteiger partial charge in [-0.15, -0.1) is 0 Å². The molecule has 120 valence electrons. The fourth-order valence-electron chi connectivity index (χ4n) is 2.63. The van der Waals surface area contributed by atoms with E-state index in [1.54, 1.807) is 19.4 Å². The Morgan fingerprint density at radius 1 is 1.04 bits per heavy atom. The predicted molar refractivity (Wildman–Crippen MR) is 96.7 cm³/mol. The zero-order valence-electron chi connectivity index (χ0n) is 13.6. The van der Waals surface area contributed by atoms with E-state index in [1.165, 1.54) is 0 Å². The maximum absolute atomic E-state index is 12.2. The standard InChI is InChI=1S/C20H18N2O2/c1-14-7-3-5-9-16(14)20(23)22-21-13-18-17-10-6-4-8-15(17)11-12-19(18)24-2/h3-13H,1-2H3,(H,22,23)/b21-13-. The van der Waals surface area contributed by atoms with Crippen LogP contribution < -0.4 is 10.2 Å². The number of hydrogen-bond donors (Lipinski definition) is 1. The van der Waals surface area contributed by atoms with Crippen LogP contribution in [0.3, 0.4) is 0 Å². The first-order valence-electron chi connectivity index (χ1n) is 7.65. The van der Waals surface area contributed by atoms with Crippen molar-refractivity contribution < 1.29 is 9.53 Å². The van der Waals surface area contributed by atoms with Crippen molar-refractivity contribution in [2.45, 2.75) is 6.92 Å². The van der Waals surface area contributed by atoms with E-state index < -0.39 is 0 Å². The van der Waals surface area contributed by atoms with Gasteiger partial charge in [0.25, 0.3) is 5.91 Å². The topological polar surface area (TPSA) is 50.7 Å². The molecule has 0 aliphatic heterocycles. The number of amides is 1. The van der Waals surface area contributed by atoms with Crippen LogP contribution in [0.1, 0.15) is 21.5 Å². The molecule has 0 saturated carbocycles.